The molecule has 10 heteroatoms. The van der Waals surface area contributed by atoms with Crippen molar-refractivity contribution in [3.05, 3.63) is 44.7 Å². The van der Waals surface area contributed by atoms with Crippen LogP contribution < -0.4 is 10.9 Å². The molecule has 4 rings (SSSR count). The molecule has 6 N–H and O–H groups in total. The maximum absolute atomic E-state index is 12.4. The van der Waals surface area contributed by atoms with Crippen molar-refractivity contribution in [2.75, 3.05) is 0 Å². The minimum absolute atomic E-state index is 0.365. The maximum atomic E-state index is 12.4. The van der Waals surface area contributed by atoms with Gasteiger partial charge in [-0.2, -0.15) is 0 Å². The molecule has 0 saturated carbocycles. The van der Waals surface area contributed by atoms with Crippen LogP contribution in [0.5, 0.6) is 34.5 Å². The van der Waals surface area contributed by atoms with Gasteiger partial charge in [0.05, 0.1) is 0 Å². The van der Waals surface area contributed by atoms with E-state index in [4.69, 9.17) is 8.83 Å². The Hall–Kier alpha value is -4.34. The van der Waals surface area contributed by atoms with E-state index in [0.717, 1.165) is 24.3 Å². The molecule has 0 amide bonds. The van der Waals surface area contributed by atoms with Crippen molar-refractivity contribution in [1.82, 2.24) is 0 Å². The number of hydrogen-bond donors (Lipinski definition) is 6. The van der Waals surface area contributed by atoms with Crippen molar-refractivity contribution in [2.24, 2.45) is 0 Å². The topological polar surface area (TPSA) is 182 Å². The van der Waals surface area contributed by atoms with Gasteiger partial charge in [0.2, 0.25) is 33.9 Å². The van der Waals surface area contributed by atoms with Crippen molar-refractivity contribution in [2.45, 2.75) is 0 Å². The lowest BCUT2D eigenvalue weighted by molar-refractivity contribution is 0.415. The highest BCUT2D eigenvalue weighted by molar-refractivity contribution is 5.90. The quantitative estimate of drug-likeness (QED) is 0.282. The standard InChI is InChI=1S/C18H10O10/c19-5-1-7(21)11-9(3-5)27-17(15(25)13(11)23)18-16(26)14(24)12-8(22)2-6(20)4-10(12)28-18/h1-4,19-22,25-26H. The fraction of sp³-hybridized carbons (Fsp3) is 0. The summed E-state index contributed by atoms with van der Waals surface area (Å²) in [5.41, 5.74) is -2.96. The molecule has 0 fully saturated rings. The molecule has 28 heavy (non-hydrogen) atoms. The van der Waals surface area contributed by atoms with E-state index < -0.39 is 67.6 Å². The molecule has 142 valence electrons. The molecule has 0 aliphatic rings. The Morgan fingerprint density at radius 3 is 1.29 bits per heavy atom. The molecule has 2 aromatic heterocycles. The van der Waals surface area contributed by atoms with E-state index >= 15 is 0 Å². The van der Waals surface area contributed by atoms with Gasteiger partial charge in [-0.15, -0.1) is 0 Å². The molecule has 0 aliphatic heterocycles. The zero-order valence-electron chi connectivity index (χ0n) is 13.6. The Bertz CT molecular complexity index is 1300. The van der Waals surface area contributed by atoms with Crippen LogP contribution >= 0.6 is 0 Å². The molecule has 0 aliphatic carbocycles. The number of benzene rings is 2. The Labute approximate surface area is 153 Å². The van der Waals surface area contributed by atoms with Gasteiger partial charge in [-0.1, -0.05) is 0 Å². The molecular formula is C18H10O10. The lowest BCUT2D eigenvalue weighted by Gasteiger charge is -2.09. The first-order valence-electron chi connectivity index (χ1n) is 7.63. The third-order valence-corrected chi connectivity index (χ3v) is 4.08. The van der Waals surface area contributed by atoms with Crippen molar-refractivity contribution in [3.63, 3.8) is 0 Å². The molecule has 0 bridgehead atoms. The van der Waals surface area contributed by atoms with Crippen LogP contribution in [0.1, 0.15) is 0 Å². The predicted octanol–water partition coefficient (Wildman–Crippen LogP) is 1.80. The second-order valence-electron chi connectivity index (χ2n) is 5.89. The smallest absolute Gasteiger partial charge is 0.238 e. The van der Waals surface area contributed by atoms with Gasteiger partial charge in [0.1, 0.15) is 44.9 Å². The molecule has 0 unspecified atom stereocenters. The Morgan fingerprint density at radius 2 is 0.929 bits per heavy atom. The predicted molar refractivity (Wildman–Crippen MR) is 94.0 cm³/mol. The Kier molecular flexibility index (Phi) is 3.40. The molecule has 0 radical (unpaired) electrons. The highest BCUT2D eigenvalue weighted by Crippen LogP contribution is 2.40. The van der Waals surface area contributed by atoms with Gasteiger partial charge in [-0.25, -0.2) is 0 Å². The molecule has 0 atom stereocenters. The van der Waals surface area contributed by atoms with Crippen LogP contribution in [0.2, 0.25) is 0 Å². The minimum Gasteiger partial charge on any atom is -0.508 e. The average Bonchev–Trinajstić information content (AvgIpc) is 2.60. The van der Waals surface area contributed by atoms with Crippen LogP contribution in [0.4, 0.5) is 0 Å². The summed E-state index contributed by atoms with van der Waals surface area (Å²) < 4.78 is 10.6. The van der Waals surface area contributed by atoms with Crippen LogP contribution in [-0.4, -0.2) is 30.6 Å². The Morgan fingerprint density at radius 1 is 0.571 bits per heavy atom. The first-order chi connectivity index (χ1) is 13.2. The van der Waals surface area contributed by atoms with E-state index in [1.165, 1.54) is 0 Å². The minimum atomic E-state index is -1.12. The monoisotopic (exact) mass is 386 g/mol. The summed E-state index contributed by atoms with van der Waals surface area (Å²) in [5, 5.41) is 58.2. The third-order valence-electron chi connectivity index (χ3n) is 4.08. The zero-order valence-corrected chi connectivity index (χ0v) is 13.6. The number of rotatable bonds is 1. The molecule has 10 nitrogen and oxygen atoms in total. The number of aromatic hydroxyl groups is 6. The van der Waals surface area contributed by atoms with Gasteiger partial charge >= 0.3 is 0 Å². The Balaban J connectivity index is 2.15. The molecule has 2 heterocycles. The fourth-order valence-electron chi connectivity index (χ4n) is 2.86. The zero-order chi connectivity index (χ0) is 20.3. The largest absolute Gasteiger partial charge is 0.508 e. The number of phenols is 4. The summed E-state index contributed by atoms with van der Waals surface area (Å²) in [6.07, 6.45) is 0. The highest BCUT2D eigenvalue weighted by Gasteiger charge is 2.26. The van der Waals surface area contributed by atoms with Crippen LogP contribution in [0.15, 0.2) is 42.7 Å². The van der Waals surface area contributed by atoms with Crippen molar-refractivity contribution in [3.8, 4) is 46.0 Å². The van der Waals surface area contributed by atoms with E-state index in [0.29, 0.717) is 0 Å². The summed E-state index contributed by atoms with van der Waals surface area (Å²) in [6.45, 7) is 0. The summed E-state index contributed by atoms with van der Waals surface area (Å²) in [5.74, 6) is -5.93. The van der Waals surface area contributed by atoms with E-state index in [1.54, 1.807) is 0 Å². The van der Waals surface area contributed by atoms with Gasteiger partial charge in [0.15, 0.2) is 0 Å². The number of phenolic OH excluding ortho intramolecular Hbond substituents is 4. The van der Waals surface area contributed by atoms with Gasteiger partial charge in [0.25, 0.3) is 0 Å². The van der Waals surface area contributed by atoms with E-state index in [9.17, 15) is 40.2 Å². The second-order valence-corrected chi connectivity index (χ2v) is 5.89. The number of fused-ring (bicyclic) bond motifs is 2. The van der Waals surface area contributed by atoms with Gasteiger partial charge in [0, 0.05) is 24.3 Å². The molecule has 2 aromatic carbocycles. The van der Waals surface area contributed by atoms with Crippen LogP contribution in [0.3, 0.4) is 0 Å². The second kappa shape index (κ2) is 5.58. The van der Waals surface area contributed by atoms with Gasteiger partial charge < -0.3 is 39.5 Å². The molecule has 0 spiro atoms. The summed E-state index contributed by atoms with van der Waals surface area (Å²) in [7, 11) is 0. The fourth-order valence-corrected chi connectivity index (χ4v) is 2.86. The lowest BCUT2D eigenvalue weighted by Crippen LogP contribution is -2.06. The lowest BCUT2D eigenvalue weighted by atomic mass is 10.1. The van der Waals surface area contributed by atoms with Crippen LogP contribution in [-0.2, 0) is 0 Å². The highest BCUT2D eigenvalue weighted by atomic mass is 16.4. The summed E-state index contributed by atoms with van der Waals surface area (Å²) in [4.78, 5) is 24.8. The molecular weight excluding hydrogens is 376 g/mol. The van der Waals surface area contributed by atoms with Crippen molar-refractivity contribution >= 4 is 21.9 Å². The molecule has 0 saturated heterocycles. The SMILES string of the molecule is O=c1c(O)c(-c2oc3cc(O)cc(O)c3c(=O)c2O)oc2cc(O)cc(O)c12. The van der Waals surface area contributed by atoms with Crippen LogP contribution in [0, 0.1) is 0 Å². The van der Waals surface area contributed by atoms with Gasteiger partial charge in [-0.05, 0) is 0 Å². The third kappa shape index (κ3) is 2.28. The number of hydrogen-bond acceptors (Lipinski definition) is 10. The maximum Gasteiger partial charge on any atom is 0.238 e. The molecule has 4 aromatic rings. The van der Waals surface area contributed by atoms with Gasteiger partial charge in [-0.3, -0.25) is 9.59 Å². The summed E-state index contributed by atoms with van der Waals surface area (Å²) in [6, 6.07) is 3.65. The average molecular weight is 386 g/mol. The van der Waals surface area contributed by atoms with E-state index in [2.05, 4.69) is 0 Å². The van der Waals surface area contributed by atoms with E-state index in [1.807, 2.05) is 0 Å². The van der Waals surface area contributed by atoms with E-state index in [-0.39, 0.29) is 11.2 Å². The van der Waals surface area contributed by atoms with Crippen molar-refractivity contribution < 1.29 is 39.5 Å². The normalized spacial score (nSPS) is 11.3. The first kappa shape index (κ1) is 17.1. The van der Waals surface area contributed by atoms with Crippen molar-refractivity contribution in [1.29, 1.82) is 0 Å². The first-order valence-corrected chi connectivity index (χ1v) is 7.63. The van der Waals surface area contributed by atoms with Crippen LogP contribution in [0.25, 0.3) is 33.5 Å². The summed E-state index contributed by atoms with van der Waals surface area (Å²) >= 11 is 0.